The molecule has 0 saturated heterocycles. The zero-order valence-electron chi connectivity index (χ0n) is 24.1. The Kier molecular flexibility index (Phi) is 8.28. The van der Waals surface area contributed by atoms with Gasteiger partial charge in [-0.25, -0.2) is 4.98 Å². The highest BCUT2D eigenvalue weighted by Crippen LogP contribution is 2.43. The maximum absolute atomic E-state index is 13.1. The van der Waals surface area contributed by atoms with Gasteiger partial charge in [-0.2, -0.15) is 0 Å². The quantitative estimate of drug-likeness (QED) is 0.220. The topological polar surface area (TPSA) is 92.3 Å². The molecule has 6 nitrogen and oxygen atoms in total. The Bertz CT molecular complexity index is 1540. The molecule has 1 heterocycles. The lowest BCUT2D eigenvalue weighted by molar-refractivity contribution is -0.148. The molecule has 0 amide bonds. The van der Waals surface area contributed by atoms with Crippen LogP contribution in [-0.2, 0) is 9.53 Å². The number of carbonyl (C=O) groups is 1. The lowest BCUT2D eigenvalue weighted by atomic mass is 9.92. The van der Waals surface area contributed by atoms with Crippen molar-refractivity contribution in [2.45, 2.75) is 52.0 Å². The fourth-order valence-electron chi connectivity index (χ4n) is 5.46. The molecule has 208 valence electrons. The van der Waals surface area contributed by atoms with Crippen LogP contribution in [0.25, 0.3) is 17.0 Å². The maximum Gasteiger partial charge on any atom is 0.315 e. The summed E-state index contributed by atoms with van der Waals surface area (Å²) < 4.78 is 4.89. The van der Waals surface area contributed by atoms with Crippen molar-refractivity contribution in [3.8, 4) is 0 Å². The van der Waals surface area contributed by atoms with Gasteiger partial charge in [0.1, 0.15) is 5.82 Å². The first-order valence-electron chi connectivity index (χ1n) is 13.5. The van der Waals surface area contributed by atoms with Crippen molar-refractivity contribution < 1.29 is 14.3 Å². The van der Waals surface area contributed by atoms with E-state index < -0.39 is 18.8 Å². The van der Waals surface area contributed by atoms with Crippen LogP contribution in [0.4, 0.5) is 0 Å². The monoisotopic (exact) mass is 554 g/mol. The fourth-order valence-corrected chi connectivity index (χ4v) is 9.31. The molecule has 2 N–H and O–H groups in total. The van der Waals surface area contributed by atoms with Crippen LogP contribution < -0.4 is 15.9 Å². The fraction of sp³-hybridized carbons (Fsp3) is 0.303. The van der Waals surface area contributed by atoms with E-state index in [1.54, 1.807) is 26.0 Å². The Morgan fingerprint density at radius 1 is 1.00 bits per heavy atom. The Morgan fingerprint density at radius 3 is 2.12 bits per heavy atom. The largest absolute Gasteiger partial charge is 0.468 e. The number of fused-ring (bicyclic) bond motifs is 1. The first-order valence-corrected chi connectivity index (χ1v) is 15.5. The predicted molar refractivity (Wildman–Crippen MR) is 164 cm³/mol. The van der Waals surface area contributed by atoms with Gasteiger partial charge in [0.05, 0.1) is 23.4 Å². The van der Waals surface area contributed by atoms with Gasteiger partial charge in [0.15, 0.2) is 0 Å². The van der Waals surface area contributed by atoms with Crippen LogP contribution in [0.1, 0.15) is 58.3 Å². The van der Waals surface area contributed by atoms with Gasteiger partial charge in [-0.05, 0) is 53.4 Å². The number of nitrogens with one attached hydrogen (secondary N) is 1. The van der Waals surface area contributed by atoms with E-state index >= 15 is 0 Å². The maximum atomic E-state index is 13.1. The number of benzene rings is 3. The minimum absolute atomic E-state index is 0.129. The average Bonchev–Trinajstić information content (AvgIpc) is 2.95. The van der Waals surface area contributed by atoms with E-state index in [4.69, 9.17) is 9.72 Å². The molecule has 0 radical (unpaired) electrons. The summed E-state index contributed by atoms with van der Waals surface area (Å²) in [4.78, 5) is 45.5. The van der Waals surface area contributed by atoms with Crippen molar-refractivity contribution in [1.29, 1.82) is 0 Å². The van der Waals surface area contributed by atoms with Crippen LogP contribution in [0.2, 0.25) is 5.04 Å². The molecule has 7 heteroatoms. The van der Waals surface area contributed by atoms with E-state index in [9.17, 15) is 14.4 Å². The zero-order chi connectivity index (χ0) is 29.1. The molecule has 40 heavy (non-hydrogen) atoms. The molecule has 1 aromatic heterocycles. The molecule has 0 aliphatic carbocycles. The van der Waals surface area contributed by atoms with Crippen LogP contribution >= 0.6 is 0 Å². The van der Waals surface area contributed by atoms with E-state index in [0.717, 1.165) is 15.9 Å². The first kappa shape index (κ1) is 29.2. The first-order chi connectivity index (χ1) is 18.9. The third-order valence-corrected chi connectivity index (χ3v) is 12.3. The number of ether oxygens (including phenoxy) is 1. The van der Waals surface area contributed by atoms with Crippen molar-refractivity contribution in [2.75, 3.05) is 7.11 Å². The molecule has 0 saturated carbocycles. The van der Waals surface area contributed by atoms with Gasteiger partial charge in [0, 0.05) is 5.92 Å². The van der Waals surface area contributed by atoms with Gasteiger partial charge in [-0.1, -0.05) is 99.7 Å². The van der Waals surface area contributed by atoms with Crippen LogP contribution in [0.3, 0.4) is 0 Å². The summed E-state index contributed by atoms with van der Waals surface area (Å²) in [6.07, 6.45) is 4.25. The van der Waals surface area contributed by atoms with E-state index in [1.165, 1.54) is 7.11 Å². The zero-order valence-corrected chi connectivity index (χ0v) is 25.1. The summed E-state index contributed by atoms with van der Waals surface area (Å²) in [5, 5.41) is 1.90. The van der Waals surface area contributed by atoms with Crippen molar-refractivity contribution in [3.63, 3.8) is 0 Å². The third-order valence-electron chi connectivity index (χ3n) is 7.80. The van der Waals surface area contributed by atoms with Crippen molar-refractivity contribution in [2.24, 2.45) is 5.41 Å². The summed E-state index contributed by atoms with van der Waals surface area (Å²) in [7, 11) is -1.84. The Hall–Kier alpha value is -3.81. The molecule has 0 fully saturated rings. The van der Waals surface area contributed by atoms with Crippen LogP contribution in [0, 0.1) is 5.41 Å². The van der Waals surface area contributed by atoms with Gasteiger partial charge >= 0.3 is 5.97 Å². The summed E-state index contributed by atoms with van der Waals surface area (Å²) in [5.74, 6) is 0.127. The summed E-state index contributed by atoms with van der Waals surface area (Å²) >= 11 is 0. The summed E-state index contributed by atoms with van der Waals surface area (Å²) in [6, 6.07) is 25.3. The van der Waals surface area contributed by atoms with Gasteiger partial charge in [-0.15, -0.1) is 0 Å². The van der Waals surface area contributed by atoms with Gasteiger partial charge in [0.25, 0.3) is 13.9 Å². The molecule has 0 aliphatic heterocycles. The number of esters is 1. The number of rotatable bonds is 9. The number of H-pyrrole nitrogens is 1. The lowest BCUT2D eigenvalue weighted by Crippen LogP contribution is -2.65. The summed E-state index contributed by atoms with van der Waals surface area (Å²) in [5.41, 5.74) is 0.430. The van der Waals surface area contributed by atoms with Crippen LogP contribution in [0.5, 0.6) is 0 Å². The molecule has 3 aromatic carbocycles. The molecule has 0 spiro atoms. The standard InChI is InChI=1S/C33H38N2O4Si/c1-23(22-33(4,5)40(38,25-13-9-7-10-14-25)26-15-11-8-12-16-26)29-34-28-21-24(17-18-27(28)30(36)35-29)19-20-32(2,3)31(37)39-6/h7-21,23,38H,22H2,1-6H3,(H,34,35,36)/b20-19+/t23-/m0/s1. The van der Waals surface area contributed by atoms with Crippen molar-refractivity contribution in [1.82, 2.24) is 9.97 Å². The number of methoxy groups -OCH3 is 1. The van der Waals surface area contributed by atoms with E-state index in [1.807, 2.05) is 85.8 Å². The second-order valence-corrected chi connectivity index (χ2v) is 15.6. The number of carbonyl (C=O) groups excluding carboxylic acids is 1. The van der Waals surface area contributed by atoms with Crippen molar-refractivity contribution in [3.05, 3.63) is 107 Å². The van der Waals surface area contributed by atoms with E-state index in [2.05, 4.69) is 18.8 Å². The molecule has 0 bridgehead atoms. The average molecular weight is 555 g/mol. The SMILES string of the molecule is COC(=O)C(C)(C)/C=C/c1ccc2c(=O)[nH]c([C@@H](C)CC(C)(C)[Si](O)(c3ccccc3)c3ccccc3)nc2c1. The number of aromatic nitrogens is 2. The van der Waals surface area contributed by atoms with Crippen LogP contribution in [0.15, 0.2) is 89.7 Å². The molecule has 4 rings (SSSR count). The molecule has 1 atom stereocenters. The number of hydrogen-bond donors (Lipinski definition) is 2. The molecular weight excluding hydrogens is 516 g/mol. The minimum Gasteiger partial charge on any atom is -0.468 e. The van der Waals surface area contributed by atoms with Gasteiger partial charge in [-0.3, -0.25) is 9.59 Å². The molecule has 4 aromatic rings. The lowest BCUT2D eigenvalue weighted by Gasteiger charge is -2.42. The number of hydrogen-bond acceptors (Lipinski definition) is 5. The van der Waals surface area contributed by atoms with Gasteiger partial charge < -0.3 is 14.5 Å². The highest BCUT2D eigenvalue weighted by molar-refractivity contribution is 6.98. The van der Waals surface area contributed by atoms with Gasteiger partial charge in [0.2, 0.25) is 0 Å². The van der Waals surface area contributed by atoms with Crippen LogP contribution in [-0.4, -0.2) is 36.2 Å². The Balaban J connectivity index is 1.69. The Labute approximate surface area is 236 Å². The summed E-state index contributed by atoms with van der Waals surface area (Å²) in [6.45, 7) is 9.84. The van der Waals surface area contributed by atoms with Crippen molar-refractivity contribution >= 4 is 41.6 Å². The molecular formula is C33H38N2O4Si. The third kappa shape index (κ3) is 5.71. The van der Waals surface area contributed by atoms with E-state index in [-0.39, 0.29) is 17.4 Å². The predicted octanol–water partition coefficient (Wildman–Crippen LogP) is 5.16. The second kappa shape index (κ2) is 11.4. The number of nitrogens with zero attached hydrogens (tertiary/aromatic N) is 1. The molecule has 0 aliphatic rings. The normalized spacial score (nSPS) is 13.5. The Morgan fingerprint density at radius 2 is 1.57 bits per heavy atom. The smallest absolute Gasteiger partial charge is 0.315 e. The minimum atomic E-state index is -3.21. The highest BCUT2D eigenvalue weighted by atomic mass is 28.4. The molecule has 0 unspecified atom stereocenters. The number of aromatic amines is 1. The highest BCUT2D eigenvalue weighted by Gasteiger charge is 2.50. The second-order valence-electron chi connectivity index (χ2n) is 11.7. The van der Waals surface area contributed by atoms with E-state index in [0.29, 0.717) is 23.1 Å².